The highest BCUT2D eigenvalue weighted by atomic mass is 19.1. The van der Waals surface area contributed by atoms with Crippen LogP contribution >= 0.6 is 0 Å². The van der Waals surface area contributed by atoms with E-state index >= 15 is 0 Å². The maximum Gasteiger partial charge on any atom is 0.253 e. The minimum atomic E-state index is -0.335. The summed E-state index contributed by atoms with van der Waals surface area (Å²) in [5.74, 6) is -0.445. The van der Waals surface area contributed by atoms with E-state index in [1.54, 1.807) is 12.5 Å². The van der Waals surface area contributed by atoms with E-state index < -0.39 is 0 Å². The fourth-order valence-electron chi connectivity index (χ4n) is 1.94. The molecular weight excluding hydrogens is 247 g/mol. The van der Waals surface area contributed by atoms with E-state index in [4.69, 9.17) is 0 Å². The van der Waals surface area contributed by atoms with E-state index in [2.05, 4.69) is 10.1 Å². The molecule has 1 aromatic carbocycles. The third-order valence-corrected chi connectivity index (χ3v) is 2.83. The number of hydrogen-bond acceptors (Lipinski definition) is 3. The highest BCUT2D eigenvalue weighted by Gasteiger charge is 2.25. The number of hydrazone groups is 1. The molecule has 0 aliphatic carbocycles. The summed E-state index contributed by atoms with van der Waals surface area (Å²) in [6, 6.07) is 5.70. The summed E-state index contributed by atoms with van der Waals surface area (Å²) in [7, 11) is 0. The Balaban J connectivity index is 1.81. The van der Waals surface area contributed by atoms with Gasteiger partial charge in [-0.1, -0.05) is 0 Å². The van der Waals surface area contributed by atoms with Crippen LogP contribution in [0.5, 0.6) is 0 Å². The molecule has 1 aromatic heterocycles. The first-order valence-electron chi connectivity index (χ1n) is 5.83. The second-order valence-electron chi connectivity index (χ2n) is 4.26. The average molecular weight is 258 g/mol. The molecule has 19 heavy (non-hydrogen) atoms. The maximum absolute atomic E-state index is 12.8. The monoisotopic (exact) mass is 258 g/mol. The average Bonchev–Trinajstić information content (AvgIpc) is 3.01. The van der Waals surface area contributed by atoms with Gasteiger partial charge in [0.1, 0.15) is 5.82 Å². The van der Waals surface area contributed by atoms with E-state index in [0.717, 1.165) is 5.71 Å². The Morgan fingerprint density at radius 2 is 2.05 bits per heavy atom. The summed E-state index contributed by atoms with van der Waals surface area (Å²) in [4.78, 5) is 15.8. The molecule has 0 saturated heterocycles. The second kappa shape index (κ2) is 4.64. The number of aromatic nitrogens is 2. The number of benzene rings is 1. The first-order valence-corrected chi connectivity index (χ1v) is 5.83. The molecule has 0 N–H and O–H groups in total. The van der Waals surface area contributed by atoms with Gasteiger partial charge in [-0.2, -0.15) is 5.10 Å². The lowest BCUT2D eigenvalue weighted by atomic mass is 10.2. The number of anilines is 1. The van der Waals surface area contributed by atoms with Crippen molar-refractivity contribution < 1.29 is 9.18 Å². The van der Waals surface area contributed by atoms with Crippen LogP contribution in [0.4, 0.5) is 10.1 Å². The smallest absolute Gasteiger partial charge is 0.253 e. The number of halogens is 1. The molecule has 6 heteroatoms. The predicted octanol–water partition coefficient (Wildman–Crippen LogP) is 1.82. The summed E-state index contributed by atoms with van der Waals surface area (Å²) in [6.07, 6.45) is 5.44. The van der Waals surface area contributed by atoms with Crippen molar-refractivity contribution in [3.05, 3.63) is 48.8 Å². The van der Waals surface area contributed by atoms with E-state index in [1.807, 2.05) is 10.8 Å². The van der Waals surface area contributed by atoms with Crippen LogP contribution in [-0.2, 0) is 11.3 Å². The van der Waals surface area contributed by atoms with Gasteiger partial charge in [0, 0.05) is 12.4 Å². The highest BCUT2D eigenvalue weighted by molar-refractivity contribution is 6.12. The summed E-state index contributed by atoms with van der Waals surface area (Å²) < 4.78 is 14.7. The van der Waals surface area contributed by atoms with Gasteiger partial charge in [0.05, 0.1) is 30.7 Å². The summed E-state index contributed by atoms with van der Waals surface area (Å²) in [6.45, 7) is 0.531. The first kappa shape index (κ1) is 11.6. The molecule has 3 rings (SSSR count). The number of carbonyl (C=O) groups is 1. The van der Waals surface area contributed by atoms with Crippen molar-refractivity contribution in [2.24, 2.45) is 5.10 Å². The minimum absolute atomic E-state index is 0.110. The molecule has 1 amide bonds. The molecule has 0 unspecified atom stereocenters. The Morgan fingerprint density at radius 1 is 1.26 bits per heavy atom. The molecule has 0 fully saturated rings. The Hall–Kier alpha value is -2.50. The summed E-state index contributed by atoms with van der Waals surface area (Å²) in [5.41, 5.74) is 1.33. The quantitative estimate of drug-likeness (QED) is 0.843. The molecule has 0 atom stereocenters. The van der Waals surface area contributed by atoms with Gasteiger partial charge >= 0.3 is 0 Å². The van der Waals surface area contributed by atoms with Crippen molar-refractivity contribution >= 4 is 17.3 Å². The zero-order valence-corrected chi connectivity index (χ0v) is 10.0. The number of carbonyl (C=O) groups excluding carboxylic acids is 1. The molecular formula is C13H11FN4O. The van der Waals surface area contributed by atoms with Crippen LogP contribution in [-0.4, -0.2) is 21.2 Å². The first-order chi connectivity index (χ1) is 9.22. The third kappa shape index (κ3) is 2.37. The fraction of sp³-hybridized carbons (Fsp3) is 0.154. The third-order valence-electron chi connectivity index (χ3n) is 2.83. The lowest BCUT2D eigenvalue weighted by molar-refractivity contribution is -0.116. The summed E-state index contributed by atoms with van der Waals surface area (Å²) in [5, 5.41) is 5.58. The molecule has 0 spiro atoms. The van der Waals surface area contributed by atoms with Crippen LogP contribution in [0.3, 0.4) is 0 Å². The van der Waals surface area contributed by atoms with E-state index in [1.165, 1.54) is 29.3 Å². The molecule has 5 nitrogen and oxygen atoms in total. The number of amides is 1. The zero-order chi connectivity index (χ0) is 13.2. The second-order valence-corrected chi connectivity index (χ2v) is 4.26. The molecule has 96 valence electrons. The van der Waals surface area contributed by atoms with Gasteiger partial charge in [-0.25, -0.2) is 14.4 Å². The number of imidazole rings is 1. The standard InChI is InChI=1S/C13H11FN4O/c14-10-1-3-12(4-2-10)18-13(19)7-11(16-18)8-17-6-5-15-9-17/h1-6,9H,7-8H2. The van der Waals surface area contributed by atoms with Crippen molar-refractivity contribution in [2.75, 3.05) is 5.01 Å². The van der Waals surface area contributed by atoms with Gasteiger partial charge in [0.2, 0.25) is 0 Å². The molecule has 0 bridgehead atoms. The van der Waals surface area contributed by atoms with Crippen LogP contribution < -0.4 is 5.01 Å². The Bertz CT molecular complexity index is 619. The molecule has 1 aliphatic rings. The van der Waals surface area contributed by atoms with E-state index in [0.29, 0.717) is 12.2 Å². The van der Waals surface area contributed by atoms with Crippen LogP contribution in [0, 0.1) is 5.82 Å². The van der Waals surface area contributed by atoms with Crippen molar-refractivity contribution in [1.29, 1.82) is 0 Å². The van der Waals surface area contributed by atoms with Crippen LogP contribution in [0.2, 0.25) is 0 Å². The number of hydrogen-bond donors (Lipinski definition) is 0. The number of rotatable bonds is 3. The van der Waals surface area contributed by atoms with Crippen molar-refractivity contribution in [2.45, 2.75) is 13.0 Å². The van der Waals surface area contributed by atoms with Gasteiger partial charge in [0.25, 0.3) is 5.91 Å². The Labute approximate surface area is 109 Å². The van der Waals surface area contributed by atoms with Crippen LogP contribution in [0.25, 0.3) is 0 Å². The van der Waals surface area contributed by atoms with Gasteiger partial charge in [0.15, 0.2) is 0 Å². The van der Waals surface area contributed by atoms with Crippen molar-refractivity contribution in [3.63, 3.8) is 0 Å². The van der Waals surface area contributed by atoms with Gasteiger partial charge in [-0.05, 0) is 24.3 Å². The highest BCUT2D eigenvalue weighted by Crippen LogP contribution is 2.21. The molecule has 2 heterocycles. The van der Waals surface area contributed by atoms with Crippen LogP contribution in [0.15, 0.2) is 48.1 Å². The molecule has 0 saturated carbocycles. The number of nitrogens with zero attached hydrogens (tertiary/aromatic N) is 4. The van der Waals surface area contributed by atoms with E-state index in [9.17, 15) is 9.18 Å². The SMILES string of the molecule is O=C1CC(Cn2ccnc2)=NN1c1ccc(F)cc1. The van der Waals surface area contributed by atoms with E-state index in [-0.39, 0.29) is 18.1 Å². The van der Waals surface area contributed by atoms with Crippen molar-refractivity contribution in [1.82, 2.24) is 9.55 Å². The molecule has 1 aliphatic heterocycles. The molecule has 0 radical (unpaired) electrons. The molecule has 2 aromatic rings. The Morgan fingerprint density at radius 3 is 2.74 bits per heavy atom. The van der Waals surface area contributed by atoms with Gasteiger partial charge < -0.3 is 4.57 Å². The zero-order valence-electron chi connectivity index (χ0n) is 10.0. The predicted molar refractivity (Wildman–Crippen MR) is 68.2 cm³/mol. The normalized spacial score (nSPS) is 14.9. The largest absolute Gasteiger partial charge is 0.332 e. The summed E-state index contributed by atoms with van der Waals surface area (Å²) >= 11 is 0. The van der Waals surface area contributed by atoms with Crippen molar-refractivity contribution in [3.8, 4) is 0 Å². The fourth-order valence-corrected chi connectivity index (χ4v) is 1.94. The maximum atomic E-state index is 12.8. The lowest BCUT2D eigenvalue weighted by Gasteiger charge is -2.10. The Kier molecular flexibility index (Phi) is 2.83. The lowest BCUT2D eigenvalue weighted by Crippen LogP contribution is -2.19. The topological polar surface area (TPSA) is 50.5 Å². The minimum Gasteiger partial charge on any atom is -0.332 e. The van der Waals surface area contributed by atoms with Crippen LogP contribution in [0.1, 0.15) is 6.42 Å². The van der Waals surface area contributed by atoms with Gasteiger partial charge in [-0.15, -0.1) is 0 Å². The van der Waals surface area contributed by atoms with Gasteiger partial charge in [-0.3, -0.25) is 4.79 Å².